The minimum absolute atomic E-state index is 0. The highest BCUT2D eigenvalue weighted by Crippen LogP contribution is 2.25. The number of aliphatic hydroxyl groups excluding tert-OH is 1. The lowest BCUT2D eigenvalue weighted by molar-refractivity contribution is -0.117. The first-order valence-corrected chi connectivity index (χ1v) is 8.08. The van der Waals surface area contributed by atoms with Gasteiger partial charge in [0.1, 0.15) is 11.5 Å². The normalized spacial score (nSPS) is 19.2. The number of hydrogen-bond acceptors (Lipinski definition) is 4. The third-order valence-corrected chi connectivity index (χ3v) is 3.98. The second-order valence-electron chi connectivity index (χ2n) is 6.29. The Kier molecular flexibility index (Phi) is 6.42. The number of ether oxygens (including phenoxy) is 1. The zero-order chi connectivity index (χ0) is 17.1. The molecule has 0 aliphatic carbocycles. The largest absolute Gasteiger partial charge is 0.457 e. The Morgan fingerprint density at radius 3 is 2.32 bits per heavy atom. The second kappa shape index (κ2) is 8.34. The van der Waals surface area contributed by atoms with Gasteiger partial charge in [-0.2, -0.15) is 0 Å². The summed E-state index contributed by atoms with van der Waals surface area (Å²) < 4.78 is 5.86. The lowest BCUT2D eigenvalue weighted by Crippen LogP contribution is -2.35. The van der Waals surface area contributed by atoms with E-state index < -0.39 is 6.10 Å². The maximum Gasteiger partial charge on any atom is 0.241 e. The summed E-state index contributed by atoms with van der Waals surface area (Å²) in [6.07, 6.45) is -0.00553. The predicted molar refractivity (Wildman–Crippen MR) is 101 cm³/mol. The lowest BCUT2D eigenvalue weighted by Gasteiger charge is -2.12. The molecule has 25 heavy (non-hydrogen) atoms. The van der Waals surface area contributed by atoms with Gasteiger partial charge in [-0.3, -0.25) is 4.79 Å². The van der Waals surface area contributed by atoms with Gasteiger partial charge in [0.05, 0.1) is 12.1 Å². The van der Waals surface area contributed by atoms with Crippen LogP contribution in [0, 0.1) is 13.8 Å². The molecule has 0 bridgehead atoms. The Morgan fingerprint density at radius 1 is 1.12 bits per heavy atom. The molecular weight excluding hydrogens is 340 g/mol. The van der Waals surface area contributed by atoms with Crippen LogP contribution in [0.15, 0.2) is 42.5 Å². The molecule has 2 aromatic rings. The summed E-state index contributed by atoms with van der Waals surface area (Å²) in [7, 11) is 0. The SMILES string of the molecule is Cc1cc(C)cc(Oc2ccc(NC(=O)C3CC(O)CN3)cc2)c1.Cl. The summed E-state index contributed by atoms with van der Waals surface area (Å²) in [4.78, 5) is 12.1. The van der Waals surface area contributed by atoms with Crippen LogP contribution in [-0.4, -0.2) is 29.7 Å². The minimum Gasteiger partial charge on any atom is -0.457 e. The van der Waals surface area contributed by atoms with Crippen LogP contribution in [0.4, 0.5) is 5.69 Å². The van der Waals surface area contributed by atoms with E-state index in [1.54, 1.807) is 12.1 Å². The molecule has 0 aromatic heterocycles. The fourth-order valence-electron chi connectivity index (χ4n) is 2.88. The fraction of sp³-hybridized carbons (Fsp3) is 0.316. The van der Waals surface area contributed by atoms with E-state index in [2.05, 4.69) is 16.7 Å². The van der Waals surface area contributed by atoms with Crippen LogP contribution in [0.1, 0.15) is 17.5 Å². The zero-order valence-electron chi connectivity index (χ0n) is 14.3. The van der Waals surface area contributed by atoms with E-state index in [9.17, 15) is 9.90 Å². The van der Waals surface area contributed by atoms with Crippen LogP contribution < -0.4 is 15.4 Å². The van der Waals surface area contributed by atoms with Crippen molar-refractivity contribution in [3.8, 4) is 11.5 Å². The molecule has 1 fully saturated rings. The fourth-order valence-corrected chi connectivity index (χ4v) is 2.88. The van der Waals surface area contributed by atoms with Crippen molar-refractivity contribution in [2.45, 2.75) is 32.4 Å². The smallest absolute Gasteiger partial charge is 0.241 e. The van der Waals surface area contributed by atoms with Crippen LogP contribution in [0.25, 0.3) is 0 Å². The molecule has 0 saturated carbocycles. The second-order valence-corrected chi connectivity index (χ2v) is 6.29. The van der Waals surface area contributed by atoms with Crippen LogP contribution in [0.3, 0.4) is 0 Å². The highest BCUT2D eigenvalue weighted by Gasteiger charge is 2.27. The summed E-state index contributed by atoms with van der Waals surface area (Å²) in [5.74, 6) is 1.38. The van der Waals surface area contributed by atoms with Gasteiger partial charge in [-0.15, -0.1) is 12.4 Å². The Balaban J connectivity index is 0.00000225. The number of anilines is 1. The molecule has 134 valence electrons. The van der Waals surface area contributed by atoms with Crippen LogP contribution in [0.2, 0.25) is 0 Å². The summed E-state index contributed by atoms with van der Waals surface area (Å²) in [6.45, 7) is 4.53. The molecule has 0 radical (unpaired) electrons. The van der Waals surface area contributed by atoms with Crippen LogP contribution in [0.5, 0.6) is 11.5 Å². The Labute approximate surface area is 153 Å². The van der Waals surface area contributed by atoms with E-state index >= 15 is 0 Å². The molecule has 2 aromatic carbocycles. The number of hydrogen-bond donors (Lipinski definition) is 3. The van der Waals surface area contributed by atoms with Gasteiger partial charge in [0.15, 0.2) is 0 Å². The van der Waals surface area contributed by atoms with Crippen molar-refractivity contribution in [3.63, 3.8) is 0 Å². The van der Waals surface area contributed by atoms with Gasteiger partial charge in [0, 0.05) is 12.2 Å². The maximum atomic E-state index is 12.1. The molecule has 1 amide bonds. The van der Waals surface area contributed by atoms with Crippen molar-refractivity contribution in [3.05, 3.63) is 53.6 Å². The standard InChI is InChI=1S/C19H22N2O3.ClH/c1-12-7-13(2)9-17(8-12)24-16-5-3-14(4-6-16)21-19(23)18-10-15(22)11-20-18;/h3-9,15,18,20,22H,10-11H2,1-2H3,(H,21,23);1H. The molecule has 3 rings (SSSR count). The Bertz CT molecular complexity index is 714. The number of carbonyl (C=O) groups is 1. The highest BCUT2D eigenvalue weighted by atomic mass is 35.5. The van der Waals surface area contributed by atoms with E-state index in [-0.39, 0.29) is 24.4 Å². The van der Waals surface area contributed by atoms with E-state index in [1.165, 1.54) is 0 Å². The van der Waals surface area contributed by atoms with Gasteiger partial charge in [-0.25, -0.2) is 0 Å². The minimum atomic E-state index is -0.450. The molecule has 5 nitrogen and oxygen atoms in total. The maximum absolute atomic E-state index is 12.1. The molecule has 3 N–H and O–H groups in total. The van der Waals surface area contributed by atoms with Gasteiger partial charge >= 0.3 is 0 Å². The number of amides is 1. The van der Waals surface area contributed by atoms with Gasteiger partial charge in [-0.05, 0) is 67.8 Å². The molecule has 1 aliphatic heterocycles. The van der Waals surface area contributed by atoms with E-state index in [1.807, 2.05) is 38.1 Å². The topological polar surface area (TPSA) is 70.6 Å². The number of carbonyl (C=O) groups excluding carboxylic acids is 1. The highest BCUT2D eigenvalue weighted by molar-refractivity contribution is 5.95. The average Bonchev–Trinajstić information content (AvgIpc) is 2.95. The van der Waals surface area contributed by atoms with Gasteiger partial charge in [-0.1, -0.05) is 6.07 Å². The Morgan fingerprint density at radius 2 is 1.76 bits per heavy atom. The van der Waals surface area contributed by atoms with Crippen LogP contribution in [-0.2, 0) is 4.79 Å². The summed E-state index contributed by atoms with van der Waals surface area (Å²) in [5, 5.41) is 15.3. The first-order chi connectivity index (χ1) is 11.5. The summed E-state index contributed by atoms with van der Waals surface area (Å²) in [5.41, 5.74) is 3.01. The van der Waals surface area contributed by atoms with E-state index in [0.29, 0.717) is 24.4 Å². The third-order valence-electron chi connectivity index (χ3n) is 3.98. The zero-order valence-corrected chi connectivity index (χ0v) is 15.1. The first kappa shape index (κ1) is 19.2. The number of nitrogens with one attached hydrogen (secondary N) is 2. The molecule has 6 heteroatoms. The van der Waals surface area contributed by atoms with Crippen molar-refractivity contribution >= 4 is 24.0 Å². The van der Waals surface area contributed by atoms with E-state index in [0.717, 1.165) is 16.9 Å². The molecule has 2 atom stereocenters. The number of aliphatic hydroxyl groups is 1. The van der Waals surface area contributed by atoms with Crippen molar-refractivity contribution < 1.29 is 14.6 Å². The van der Waals surface area contributed by atoms with Crippen molar-refractivity contribution in [2.24, 2.45) is 0 Å². The third kappa shape index (κ3) is 5.19. The number of halogens is 1. The van der Waals surface area contributed by atoms with Crippen LogP contribution >= 0.6 is 12.4 Å². The van der Waals surface area contributed by atoms with Gasteiger partial charge < -0.3 is 20.5 Å². The van der Waals surface area contributed by atoms with Gasteiger partial charge in [0.25, 0.3) is 0 Å². The summed E-state index contributed by atoms with van der Waals surface area (Å²) >= 11 is 0. The number of rotatable bonds is 4. The predicted octanol–water partition coefficient (Wildman–Crippen LogP) is 3.18. The molecule has 1 heterocycles. The number of benzene rings is 2. The Hall–Kier alpha value is -2.08. The quantitative estimate of drug-likeness (QED) is 0.781. The van der Waals surface area contributed by atoms with Crippen molar-refractivity contribution in [1.29, 1.82) is 0 Å². The van der Waals surface area contributed by atoms with Crippen molar-refractivity contribution in [1.82, 2.24) is 5.32 Å². The van der Waals surface area contributed by atoms with Crippen molar-refractivity contribution in [2.75, 3.05) is 11.9 Å². The average molecular weight is 363 g/mol. The lowest BCUT2D eigenvalue weighted by atomic mass is 10.1. The molecule has 0 spiro atoms. The van der Waals surface area contributed by atoms with Gasteiger partial charge in [0.2, 0.25) is 5.91 Å². The summed E-state index contributed by atoms with van der Waals surface area (Å²) in [6, 6.07) is 13.0. The molecule has 1 aliphatic rings. The van der Waals surface area contributed by atoms with E-state index in [4.69, 9.17) is 4.74 Å². The number of β-amino-alcohol motifs (C(OH)–C–C–N with tert-alkyl or cyclic N) is 1. The first-order valence-electron chi connectivity index (χ1n) is 8.08. The number of aryl methyl sites for hydroxylation is 2. The molecular formula is C19H23ClN2O3. The molecule has 2 unspecified atom stereocenters. The monoisotopic (exact) mass is 362 g/mol. The molecule has 1 saturated heterocycles.